The van der Waals surface area contributed by atoms with Gasteiger partial charge in [0.05, 0.1) is 5.69 Å². The third-order valence-corrected chi connectivity index (χ3v) is 3.48. The summed E-state index contributed by atoms with van der Waals surface area (Å²) < 4.78 is 16.1. The molecule has 1 aromatic carbocycles. The quantitative estimate of drug-likeness (QED) is 0.783. The zero-order valence-electron chi connectivity index (χ0n) is 13.1. The first kappa shape index (κ1) is 15.7. The summed E-state index contributed by atoms with van der Waals surface area (Å²) in [6.07, 6.45) is 4.06. The van der Waals surface area contributed by atoms with Crippen LogP contribution in [0.1, 0.15) is 37.9 Å². The molecule has 0 saturated heterocycles. The highest BCUT2D eigenvalue weighted by molar-refractivity contribution is 5.66. The highest BCUT2D eigenvalue weighted by Gasteiger charge is 2.12. The molecule has 2 aromatic rings. The number of rotatable bonds is 7. The first-order valence-corrected chi connectivity index (χ1v) is 7.69. The monoisotopic (exact) mass is 289 g/mol. The van der Waals surface area contributed by atoms with Crippen molar-refractivity contribution in [1.82, 2.24) is 15.1 Å². The summed E-state index contributed by atoms with van der Waals surface area (Å²) in [4.78, 5) is 0. The molecule has 0 unspecified atom stereocenters. The van der Waals surface area contributed by atoms with Crippen molar-refractivity contribution in [3.05, 3.63) is 41.5 Å². The maximum Gasteiger partial charge on any atom is 0.131 e. The van der Waals surface area contributed by atoms with Crippen molar-refractivity contribution in [3.63, 3.8) is 0 Å². The second-order valence-corrected chi connectivity index (χ2v) is 5.38. The highest BCUT2D eigenvalue weighted by atomic mass is 19.1. The zero-order valence-corrected chi connectivity index (χ0v) is 13.1. The Morgan fingerprint density at radius 1 is 1.19 bits per heavy atom. The summed E-state index contributed by atoms with van der Waals surface area (Å²) in [5.41, 5.74) is 3.51. The fourth-order valence-electron chi connectivity index (χ4n) is 2.42. The third kappa shape index (κ3) is 3.91. The lowest BCUT2D eigenvalue weighted by atomic mass is 10.0. The highest BCUT2D eigenvalue weighted by Crippen LogP contribution is 2.26. The lowest BCUT2D eigenvalue weighted by Crippen LogP contribution is -2.13. The van der Waals surface area contributed by atoms with Crippen LogP contribution >= 0.6 is 0 Å². The number of hydrogen-bond donors (Lipinski definition) is 1. The molecular formula is C17H24FN3. The van der Waals surface area contributed by atoms with Crippen molar-refractivity contribution < 1.29 is 4.39 Å². The van der Waals surface area contributed by atoms with E-state index in [0.29, 0.717) is 5.56 Å². The summed E-state index contributed by atoms with van der Waals surface area (Å²) in [6.45, 7) is 8.78. The molecule has 1 N–H and O–H groups in total. The molecule has 0 fully saturated rings. The Morgan fingerprint density at radius 3 is 2.71 bits per heavy atom. The molecule has 0 aliphatic carbocycles. The Balaban J connectivity index is 2.27. The molecule has 4 heteroatoms. The molecule has 21 heavy (non-hydrogen) atoms. The van der Waals surface area contributed by atoms with Crippen molar-refractivity contribution in [3.8, 4) is 11.1 Å². The molecule has 0 spiro atoms. The van der Waals surface area contributed by atoms with Gasteiger partial charge in [-0.1, -0.05) is 19.9 Å². The normalized spacial score (nSPS) is 11.0. The van der Waals surface area contributed by atoms with Crippen LogP contribution in [0.15, 0.2) is 24.4 Å². The van der Waals surface area contributed by atoms with Crippen LogP contribution in [0.3, 0.4) is 0 Å². The average Bonchev–Trinajstić information content (AvgIpc) is 2.82. The number of aromatic nitrogens is 2. The van der Waals surface area contributed by atoms with Gasteiger partial charge in [0.1, 0.15) is 5.82 Å². The summed E-state index contributed by atoms with van der Waals surface area (Å²) in [5, 5.41) is 7.80. The van der Waals surface area contributed by atoms with E-state index >= 15 is 0 Å². The van der Waals surface area contributed by atoms with Crippen LogP contribution in [0.4, 0.5) is 4.39 Å². The molecule has 1 aromatic heterocycles. The first-order chi connectivity index (χ1) is 10.2. The van der Waals surface area contributed by atoms with Gasteiger partial charge in [0, 0.05) is 30.4 Å². The average molecular weight is 289 g/mol. The molecule has 0 aliphatic heterocycles. The smallest absolute Gasteiger partial charge is 0.131 e. The lowest BCUT2D eigenvalue weighted by Gasteiger charge is -2.07. The number of benzene rings is 1. The van der Waals surface area contributed by atoms with E-state index in [4.69, 9.17) is 0 Å². The van der Waals surface area contributed by atoms with Gasteiger partial charge in [-0.3, -0.25) is 4.68 Å². The van der Waals surface area contributed by atoms with Gasteiger partial charge in [-0.25, -0.2) is 4.39 Å². The second-order valence-electron chi connectivity index (χ2n) is 5.38. The second kappa shape index (κ2) is 7.36. The largest absolute Gasteiger partial charge is 0.313 e. The van der Waals surface area contributed by atoms with Crippen LogP contribution in [0.5, 0.6) is 0 Å². The number of nitrogens with one attached hydrogen (secondary N) is 1. The fraction of sp³-hybridized carbons (Fsp3) is 0.471. The Kier molecular flexibility index (Phi) is 5.51. The summed E-state index contributed by atoms with van der Waals surface area (Å²) in [5.74, 6) is -0.187. The summed E-state index contributed by atoms with van der Waals surface area (Å²) >= 11 is 0. The van der Waals surface area contributed by atoms with Gasteiger partial charge >= 0.3 is 0 Å². The lowest BCUT2D eigenvalue weighted by molar-refractivity contribution is 0.598. The van der Waals surface area contributed by atoms with Crippen molar-refractivity contribution in [2.45, 2.75) is 46.7 Å². The standard InChI is InChI=1S/C17H24FN3/c1-4-8-19-11-14-6-7-17(18)15(10-14)16-12-21(9-5-2)20-13(16)3/h6-7,10,12,19H,4-5,8-9,11H2,1-3H3. The van der Waals surface area contributed by atoms with Gasteiger partial charge in [-0.15, -0.1) is 0 Å². The van der Waals surface area contributed by atoms with Gasteiger partial charge in [-0.05, 0) is 44.0 Å². The van der Waals surface area contributed by atoms with Crippen LogP contribution < -0.4 is 5.32 Å². The molecule has 3 nitrogen and oxygen atoms in total. The van der Waals surface area contributed by atoms with Gasteiger partial charge in [0.25, 0.3) is 0 Å². The van der Waals surface area contributed by atoms with Crippen molar-refractivity contribution >= 4 is 0 Å². The van der Waals surface area contributed by atoms with E-state index < -0.39 is 0 Å². The van der Waals surface area contributed by atoms with Crippen LogP contribution in [0.25, 0.3) is 11.1 Å². The molecule has 114 valence electrons. The molecule has 1 heterocycles. The molecule has 0 bridgehead atoms. The van der Waals surface area contributed by atoms with Crippen LogP contribution in [-0.2, 0) is 13.1 Å². The number of halogens is 1. The van der Waals surface area contributed by atoms with Crippen molar-refractivity contribution in [1.29, 1.82) is 0 Å². The van der Waals surface area contributed by atoms with Crippen molar-refractivity contribution in [2.24, 2.45) is 0 Å². The third-order valence-electron chi connectivity index (χ3n) is 3.48. The van der Waals surface area contributed by atoms with Gasteiger partial charge in [0.2, 0.25) is 0 Å². The van der Waals surface area contributed by atoms with Crippen LogP contribution in [0, 0.1) is 12.7 Å². The minimum absolute atomic E-state index is 0.187. The maximum absolute atomic E-state index is 14.2. The molecule has 0 amide bonds. The van der Waals surface area contributed by atoms with Crippen molar-refractivity contribution in [2.75, 3.05) is 6.54 Å². The SMILES string of the molecule is CCCNCc1ccc(F)c(-c2cn(CCC)nc2C)c1. The van der Waals surface area contributed by atoms with E-state index in [-0.39, 0.29) is 5.82 Å². The van der Waals surface area contributed by atoms with Gasteiger partial charge in [-0.2, -0.15) is 5.10 Å². The summed E-state index contributed by atoms with van der Waals surface area (Å²) in [7, 11) is 0. The van der Waals surface area contributed by atoms with Gasteiger partial charge in [0.15, 0.2) is 0 Å². The summed E-state index contributed by atoms with van der Waals surface area (Å²) in [6, 6.07) is 5.32. The molecule has 0 saturated carbocycles. The zero-order chi connectivity index (χ0) is 15.2. The predicted octanol–water partition coefficient (Wildman–Crippen LogP) is 3.91. The molecule has 0 atom stereocenters. The van der Waals surface area contributed by atoms with Crippen LogP contribution in [-0.4, -0.2) is 16.3 Å². The number of aryl methyl sites for hydroxylation is 2. The Hall–Kier alpha value is -1.68. The maximum atomic E-state index is 14.2. The number of nitrogens with zero attached hydrogens (tertiary/aromatic N) is 2. The van der Waals surface area contributed by atoms with E-state index in [9.17, 15) is 4.39 Å². The Morgan fingerprint density at radius 2 is 2.00 bits per heavy atom. The predicted molar refractivity (Wildman–Crippen MR) is 84.6 cm³/mol. The minimum atomic E-state index is -0.187. The molecule has 2 rings (SSSR count). The van der Waals surface area contributed by atoms with E-state index in [0.717, 1.165) is 49.3 Å². The molecule has 0 aliphatic rings. The molecule has 0 radical (unpaired) electrons. The van der Waals surface area contributed by atoms with E-state index in [1.807, 2.05) is 29.9 Å². The van der Waals surface area contributed by atoms with E-state index in [1.165, 1.54) is 0 Å². The molecular weight excluding hydrogens is 265 g/mol. The topological polar surface area (TPSA) is 29.9 Å². The Bertz CT molecular complexity index is 590. The van der Waals surface area contributed by atoms with E-state index in [2.05, 4.69) is 24.3 Å². The minimum Gasteiger partial charge on any atom is -0.313 e. The van der Waals surface area contributed by atoms with Crippen LogP contribution in [0.2, 0.25) is 0 Å². The first-order valence-electron chi connectivity index (χ1n) is 7.69. The Labute approximate surface area is 126 Å². The van der Waals surface area contributed by atoms with Gasteiger partial charge < -0.3 is 5.32 Å². The fourth-order valence-corrected chi connectivity index (χ4v) is 2.42. The number of hydrogen-bond acceptors (Lipinski definition) is 2. The van der Waals surface area contributed by atoms with E-state index in [1.54, 1.807) is 6.07 Å².